The van der Waals surface area contributed by atoms with E-state index in [4.69, 9.17) is 0 Å². The van der Waals surface area contributed by atoms with Crippen LogP contribution in [-0.4, -0.2) is 30.8 Å². The molecular formula is C16H16N4O4S. The molecule has 1 aromatic heterocycles. The molecule has 8 nitrogen and oxygen atoms in total. The lowest BCUT2D eigenvalue weighted by molar-refractivity contribution is -0.116. The Bertz CT molecular complexity index is 1050. The highest BCUT2D eigenvalue weighted by Crippen LogP contribution is 2.14. The zero-order valence-corrected chi connectivity index (χ0v) is 13.9. The molecule has 3 rings (SSSR count). The van der Waals surface area contributed by atoms with Crippen LogP contribution in [0.25, 0.3) is 11.0 Å². The molecule has 9 heteroatoms. The van der Waals surface area contributed by atoms with Gasteiger partial charge in [-0.3, -0.25) is 4.79 Å². The lowest BCUT2D eigenvalue weighted by Gasteiger charge is -2.07. The standard InChI is InChI=1S/C16H16N4O4S/c21-15(8-9-17-25(23,24)12-4-2-1-3-5-12)18-11-6-7-13-14(10-11)20-16(22)19-13/h1-7,10,17H,8-9H2,(H,18,21)(H2,19,20,22). The second-order valence-corrected chi connectivity index (χ2v) is 7.12. The molecule has 0 saturated carbocycles. The Morgan fingerprint density at radius 1 is 1.00 bits per heavy atom. The number of imidazole rings is 1. The molecule has 0 unspecified atom stereocenters. The van der Waals surface area contributed by atoms with Crippen molar-refractivity contribution in [3.63, 3.8) is 0 Å². The van der Waals surface area contributed by atoms with Crippen molar-refractivity contribution in [1.82, 2.24) is 14.7 Å². The molecule has 0 spiro atoms. The first-order valence-electron chi connectivity index (χ1n) is 7.51. The van der Waals surface area contributed by atoms with E-state index < -0.39 is 10.0 Å². The van der Waals surface area contributed by atoms with Crippen molar-refractivity contribution in [2.75, 3.05) is 11.9 Å². The first kappa shape index (κ1) is 16.9. The molecule has 1 heterocycles. The summed E-state index contributed by atoms with van der Waals surface area (Å²) < 4.78 is 26.5. The first-order chi connectivity index (χ1) is 11.9. The quantitative estimate of drug-likeness (QED) is 0.526. The molecule has 0 aliphatic rings. The predicted molar refractivity (Wildman–Crippen MR) is 93.8 cm³/mol. The van der Waals surface area contributed by atoms with Crippen LogP contribution in [0.5, 0.6) is 0 Å². The number of sulfonamides is 1. The minimum absolute atomic E-state index is 0.0201. The molecule has 0 saturated heterocycles. The number of hydrogen-bond acceptors (Lipinski definition) is 4. The number of hydrogen-bond donors (Lipinski definition) is 4. The Kier molecular flexibility index (Phi) is 4.68. The van der Waals surface area contributed by atoms with Crippen LogP contribution >= 0.6 is 0 Å². The molecule has 2 aromatic carbocycles. The van der Waals surface area contributed by atoms with Crippen LogP contribution in [0.15, 0.2) is 58.2 Å². The Labute approximate surface area is 143 Å². The van der Waals surface area contributed by atoms with Crippen molar-refractivity contribution >= 4 is 32.7 Å². The van der Waals surface area contributed by atoms with E-state index in [0.717, 1.165) is 0 Å². The molecule has 0 atom stereocenters. The molecule has 0 radical (unpaired) electrons. The van der Waals surface area contributed by atoms with Crippen molar-refractivity contribution < 1.29 is 13.2 Å². The third-order valence-corrected chi connectivity index (χ3v) is 4.97. The molecule has 130 valence electrons. The summed E-state index contributed by atoms with van der Waals surface area (Å²) in [6.07, 6.45) is -0.0201. The highest BCUT2D eigenvalue weighted by molar-refractivity contribution is 7.89. The van der Waals surface area contributed by atoms with E-state index in [0.29, 0.717) is 16.7 Å². The Morgan fingerprint density at radius 2 is 1.72 bits per heavy atom. The number of carbonyl (C=O) groups is 1. The maximum atomic E-state index is 12.0. The summed E-state index contributed by atoms with van der Waals surface area (Å²) in [5.41, 5.74) is 1.40. The van der Waals surface area contributed by atoms with E-state index in [2.05, 4.69) is 20.0 Å². The summed E-state index contributed by atoms with van der Waals surface area (Å²) in [6, 6.07) is 12.9. The van der Waals surface area contributed by atoms with Gasteiger partial charge in [-0.05, 0) is 30.3 Å². The van der Waals surface area contributed by atoms with Crippen LogP contribution < -0.4 is 15.7 Å². The number of rotatable bonds is 6. The normalized spacial score (nSPS) is 11.5. The van der Waals surface area contributed by atoms with E-state index in [-0.39, 0.29) is 29.5 Å². The maximum absolute atomic E-state index is 12.0. The van der Waals surface area contributed by atoms with Gasteiger partial charge in [-0.15, -0.1) is 0 Å². The van der Waals surface area contributed by atoms with Crippen LogP contribution in [-0.2, 0) is 14.8 Å². The zero-order chi connectivity index (χ0) is 17.9. The van der Waals surface area contributed by atoms with Crippen LogP contribution in [0.1, 0.15) is 6.42 Å². The second-order valence-electron chi connectivity index (χ2n) is 5.35. The Balaban J connectivity index is 1.56. The second kappa shape index (κ2) is 6.91. The minimum Gasteiger partial charge on any atom is -0.326 e. The van der Waals surface area contributed by atoms with Gasteiger partial charge in [0.15, 0.2) is 0 Å². The number of aromatic amines is 2. The van der Waals surface area contributed by atoms with Crippen molar-refractivity contribution in [2.45, 2.75) is 11.3 Å². The number of fused-ring (bicyclic) bond motifs is 1. The fourth-order valence-corrected chi connectivity index (χ4v) is 3.37. The van der Waals surface area contributed by atoms with Crippen molar-refractivity contribution in [3.05, 3.63) is 59.0 Å². The number of aromatic nitrogens is 2. The third-order valence-electron chi connectivity index (χ3n) is 3.50. The summed E-state index contributed by atoms with van der Waals surface area (Å²) >= 11 is 0. The average molecular weight is 360 g/mol. The summed E-state index contributed by atoms with van der Waals surface area (Å²) in [7, 11) is -3.63. The molecule has 0 aliphatic carbocycles. The summed E-state index contributed by atoms with van der Waals surface area (Å²) in [6.45, 7) is -0.0215. The van der Waals surface area contributed by atoms with Gasteiger partial charge < -0.3 is 15.3 Å². The smallest absolute Gasteiger partial charge is 0.323 e. The van der Waals surface area contributed by atoms with Gasteiger partial charge in [0.25, 0.3) is 0 Å². The monoisotopic (exact) mass is 360 g/mol. The largest absolute Gasteiger partial charge is 0.326 e. The summed E-state index contributed by atoms with van der Waals surface area (Å²) in [4.78, 5) is 28.5. The van der Waals surface area contributed by atoms with Crippen LogP contribution in [0, 0.1) is 0 Å². The van der Waals surface area contributed by atoms with Gasteiger partial charge in [0.05, 0.1) is 15.9 Å². The maximum Gasteiger partial charge on any atom is 0.323 e. The van der Waals surface area contributed by atoms with E-state index in [1.54, 1.807) is 36.4 Å². The number of amides is 1. The van der Waals surface area contributed by atoms with Crippen molar-refractivity contribution in [1.29, 1.82) is 0 Å². The number of nitrogens with one attached hydrogen (secondary N) is 4. The fourth-order valence-electron chi connectivity index (χ4n) is 2.32. The Hall–Kier alpha value is -2.91. The third kappa shape index (κ3) is 4.14. The molecule has 1 amide bonds. The molecule has 0 bridgehead atoms. The van der Waals surface area contributed by atoms with Gasteiger partial charge in [-0.25, -0.2) is 17.9 Å². The summed E-state index contributed by atoms with van der Waals surface area (Å²) in [5, 5.41) is 2.66. The van der Waals surface area contributed by atoms with Gasteiger partial charge >= 0.3 is 5.69 Å². The zero-order valence-electron chi connectivity index (χ0n) is 13.1. The van der Waals surface area contributed by atoms with Crippen LogP contribution in [0.4, 0.5) is 5.69 Å². The minimum atomic E-state index is -3.63. The molecule has 3 aromatic rings. The SMILES string of the molecule is O=C(CCNS(=O)(=O)c1ccccc1)Nc1ccc2[nH]c(=O)[nH]c2c1. The van der Waals surface area contributed by atoms with Crippen molar-refractivity contribution in [3.8, 4) is 0 Å². The van der Waals surface area contributed by atoms with E-state index >= 15 is 0 Å². The lowest BCUT2D eigenvalue weighted by atomic mass is 10.2. The van der Waals surface area contributed by atoms with E-state index in [9.17, 15) is 18.0 Å². The number of carbonyl (C=O) groups excluding carboxylic acids is 1. The van der Waals surface area contributed by atoms with E-state index in [1.165, 1.54) is 12.1 Å². The van der Waals surface area contributed by atoms with Gasteiger partial charge in [0.1, 0.15) is 0 Å². The molecule has 0 aliphatic heterocycles. The van der Waals surface area contributed by atoms with Gasteiger partial charge in [-0.1, -0.05) is 18.2 Å². The molecule has 4 N–H and O–H groups in total. The van der Waals surface area contributed by atoms with E-state index in [1.807, 2.05) is 0 Å². The van der Waals surface area contributed by atoms with Crippen LogP contribution in [0.3, 0.4) is 0 Å². The highest BCUT2D eigenvalue weighted by atomic mass is 32.2. The number of anilines is 1. The number of H-pyrrole nitrogens is 2. The Morgan fingerprint density at radius 3 is 2.48 bits per heavy atom. The molecule has 25 heavy (non-hydrogen) atoms. The van der Waals surface area contributed by atoms with Gasteiger partial charge in [0, 0.05) is 18.7 Å². The van der Waals surface area contributed by atoms with Crippen LogP contribution in [0.2, 0.25) is 0 Å². The average Bonchev–Trinajstić information content (AvgIpc) is 2.95. The van der Waals surface area contributed by atoms with Gasteiger partial charge in [-0.2, -0.15) is 0 Å². The molecule has 0 fully saturated rings. The van der Waals surface area contributed by atoms with Gasteiger partial charge in [0.2, 0.25) is 15.9 Å². The first-order valence-corrected chi connectivity index (χ1v) is 8.99. The fraction of sp³-hybridized carbons (Fsp3) is 0.125. The summed E-state index contributed by atoms with van der Waals surface area (Å²) in [5.74, 6) is -0.340. The highest BCUT2D eigenvalue weighted by Gasteiger charge is 2.13. The van der Waals surface area contributed by atoms with Crippen molar-refractivity contribution in [2.24, 2.45) is 0 Å². The lowest BCUT2D eigenvalue weighted by Crippen LogP contribution is -2.27. The number of benzene rings is 2. The topological polar surface area (TPSA) is 124 Å². The predicted octanol–water partition coefficient (Wildman–Crippen LogP) is 1.16. The molecular weight excluding hydrogens is 344 g/mol.